The zero-order chi connectivity index (χ0) is 18.5. The molecule has 27 heavy (non-hydrogen) atoms. The topological polar surface area (TPSA) is 37.9 Å². The molecule has 4 aromatic rings. The molecule has 1 N–H and O–H groups in total. The number of hydrogen-bond acceptors (Lipinski definition) is 3. The molecular formula is C23H20N2OS. The lowest BCUT2D eigenvalue weighted by Gasteiger charge is -2.02. The van der Waals surface area contributed by atoms with E-state index in [1.165, 1.54) is 5.56 Å². The number of aromatic amines is 1. The van der Waals surface area contributed by atoms with E-state index in [0.29, 0.717) is 0 Å². The van der Waals surface area contributed by atoms with E-state index in [2.05, 4.69) is 53.5 Å². The van der Waals surface area contributed by atoms with Crippen molar-refractivity contribution in [3.05, 3.63) is 90.5 Å². The van der Waals surface area contributed by atoms with Gasteiger partial charge in [-0.1, -0.05) is 84.6 Å². The Morgan fingerprint density at radius 1 is 0.815 bits per heavy atom. The third-order valence-corrected chi connectivity index (χ3v) is 5.27. The SMILES string of the molecule is COc1ccc(CSc2nc(-c3ccccc3)c(-c3ccccc3)[nH]2)cc1. The van der Waals surface area contributed by atoms with E-state index in [1.807, 2.05) is 36.4 Å². The van der Waals surface area contributed by atoms with E-state index in [1.54, 1.807) is 18.9 Å². The van der Waals surface area contributed by atoms with Crippen molar-refractivity contribution < 1.29 is 4.74 Å². The predicted molar refractivity (Wildman–Crippen MR) is 112 cm³/mol. The summed E-state index contributed by atoms with van der Waals surface area (Å²) in [6.45, 7) is 0. The number of nitrogens with one attached hydrogen (secondary N) is 1. The number of methoxy groups -OCH3 is 1. The zero-order valence-electron chi connectivity index (χ0n) is 15.1. The summed E-state index contributed by atoms with van der Waals surface area (Å²) in [4.78, 5) is 8.40. The van der Waals surface area contributed by atoms with Crippen molar-refractivity contribution in [2.75, 3.05) is 7.11 Å². The Morgan fingerprint density at radius 2 is 1.44 bits per heavy atom. The number of hydrogen-bond donors (Lipinski definition) is 1. The summed E-state index contributed by atoms with van der Waals surface area (Å²) in [7, 11) is 1.68. The molecule has 0 spiro atoms. The summed E-state index contributed by atoms with van der Waals surface area (Å²) >= 11 is 1.70. The maximum Gasteiger partial charge on any atom is 0.166 e. The molecule has 0 fully saturated rings. The van der Waals surface area contributed by atoms with Gasteiger partial charge in [0.05, 0.1) is 18.5 Å². The number of H-pyrrole nitrogens is 1. The first kappa shape index (κ1) is 17.4. The van der Waals surface area contributed by atoms with E-state index < -0.39 is 0 Å². The largest absolute Gasteiger partial charge is 0.497 e. The van der Waals surface area contributed by atoms with Crippen molar-refractivity contribution >= 4 is 11.8 Å². The number of imidazole rings is 1. The third kappa shape index (κ3) is 4.07. The predicted octanol–water partition coefficient (Wildman–Crippen LogP) is 6.04. The number of benzene rings is 3. The molecule has 0 saturated carbocycles. The molecule has 0 unspecified atom stereocenters. The van der Waals surface area contributed by atoms with E-state index in [4.69, 9.17) is 9.72 Å². The summed E-state index contributed by atoms with van der Waals surface area (Å²) in [5.41, 5.74) is 5.53. The summed E-state index contributed by atoms with van der Waals surface area (Å²) in [5, 5.41) is 0.920. The molecule has 134 valence electrons. The molecule has 3 nitrogen and oxygen atoms in total. The lowest BCUT2D eigenvalue weighted by molar-refractivity contribution is 0.414. The minimum atomic E-state index is 0.847. The first-order valence-electron chi connectivity index (χ1n) is 8.80. The summed E-state index contributed by atoms with van der Waals surface area (Å²) in [6, 6.07) is 28.8. The normalized spacial score (nSPS) is 10.7. The molecule has 4 rings (SSSR count). The number of aromatic nitrogens is 2. The molecule has 0 amide bonds. The lowest BCUT2D eigenvalue weighted by Crippen LogP contribution is -1.85. The van der Waals surface area contributed by atoms with Gasteiger partial charge >= 0.3 is 0 Å². The van der Waals surface area contributed by atoms with Gasteiger partial charge in [0, 0.05) is 16.9 Å². The van der Waals surface area contributed by atoms with Crippen molar-refractivity contribution in [2.45, 2.75) is 10.9 Å². The summed E-state index contributed by atoms with van der Waals surface area (Å²) < 4.78 is 5.22. The van der Waals surface area contributed by atoms with Crippen LogP contribution in [0.25, 0.3) is 22.5 Å². The van der Waals surface area contributed by atoms with Crippen LogP contribution in [0.4, 0.5) is 0 Å². The standard InChI is InChI=1S/C23H20N2OS/c1-26-20-14-12-17(13-15-20)16-27-23-24-21(18-8-4-2-5-9-18)22(25-23)19-10-6-3-7-11-19/h2-15H,16H2,1H3,(H,24,25). The van der Waals surface area contributed by atoms with Gasteiger partial charge in [-0.15, -0.1) is 0 Å². The molecule has 1 heterocycles. The highest BCUT2D eigenvalue weighted by Gasteiger charge is 2.14. The van der Waals surface area contributed by atoms with Crippen LogP contribution in [-0.2, 0) is 5.75 Å². The first-order chi connectivity index (χ1) is 13.3. The van der Waals surface area contributed by atoms with Crippen LogP contribution in [0.15, 0.2) is 90.1 Å². The van der Waals surface area contributed by atoms with Crippen molar-refractivity contribution in [3.63, 3.8) is 0 Å². The molecule has 1 aromatic heterocycles. The molecular weight excluding hydrogens is 352 g/mol. The fourth-order valence-corrected chi connectivity index (χ4v) is 3.74. The molecule has 3 aromatic carbocycles. The van der Waals surface area contributed by atoms with Gasteiger partial charge in [-0.3, -0.25) is 0 Å². The van der Waals surface area contributed by atoms with Gasteiger partial charge in [-0.25, -0.2) is 4.98 Å². The van der Waals surface area contributed by atoms with Crippen molar-refractivity contribution in [3.8, 4) is 28.3 Å². The van der Waals surface area contributed by atoms with Crippen molar-refractivity contribution in [2.24, 2.45) is 0 Å². The van der Waals surface area contributed by atoms with Gasteiger partial charge in [0.15, 0.2) is 5.16 Å². The molecule has 0 atom stereocenters. The van der Waals surface area contributed by atoms with Gasteiger partial charge in [-0.2, -0.15) is 0 Å². The molecule has 4 heteroatoms. The molecule has 0 bridgehead atoms. The van der Waals surface area contributed by atoms with Crippen molar-refractivity contribution in [1.82, 2.24) is 9.97 Å². The number of thioether (sulfide) groups is 1. The second-order valence-corrected chi connectivity index (χ2v) is 7.10. The summed E-state index contributed by atoms with van der Waals surface area (Å²) in [6.07, 6.45) is 0. The maximum absolute atomic E-state index is 5.22. The Kier molecular flexibility index (Phi) is 5.26. The summed E-state index contributed by atoms with van der Waals surface area (Å²) in [5.74, 6) is 1.72. The minimum Gasteiger partial charge on any atom is -0.497 e. The van der Waals surface area contributed by atoms with E-state index in [0.717, 1.165) is 39.2 Å². The van der Waals surface area contributed by atoms with Gasteiger partial charge in [0.1, 0.15) is 5.75 Å². The fourth-order valence-electron chi connectivity index (χ4n) is 2.91. The van der Waals surface area contributed by atoms with Crippen LogP contribution in [-0.4, -0.2) is 17.1 Å². The first-order valence-corrected chi connectivity index (χ1v) is 9.78. The second kappa shape index (κ2) is 8.14. The van der Waals surface area contributed by atoms with Crippen LogP contribution in [0.1, 0.15) is 5.56 Å². The zero-order valence-corrected chi connectivity index (χ0v) is 15.9. The second-order valence-electron chi connectivity index (χ2n) is 6.13. The number of nitrogens with zero attached hydrogens (tertiary/aromatic N) is 1. The Bertz CT molecular complexity index is 939. The van der Waals surface area contributed by atoms with E-state index in [9.17, 15) is 0 Å². The van der Waals surface area contributed by atoms with Crippen LogP contribution in [0.5, 0.6) is 5.75 Å². The quantitative estimate of drug-likeness (QED) is 0.419. The average Bonchev–Trinajstić information content (AvgIpc) is 3.18. The smallest absolute Gasteiger partial charge is 0.166 e. The molecule has 0 aliphatic heterocycles. The highest BCUT2D eigenvalue weighted by molar-refractivity contribution is 7.98. The fraction of sp³-hybridized carbons (Fsp3) is 0.0870. The maximum atomic E-state index is 5.22. The van der Waals surface area contributed by atoms with E-state index >= 15 is 0 Å². The Balaban J connectivity index is 1.62. The molecule has 0 radical (unpaired) electrons. The Hall–Kier alpha value is -2.98. The van der Waals surface area contributed by atoms with Crippen molar-refractivity contribution in [1.29, 1.82) is 0 Å². The molecule has 0 aliphatic rings. The molecule has 0 aliphatic carbocycles. The average molecular weight is 372 g/mol. The highest BCUT2D eigenvalue weighted by Crippen LogP contribution is 2.33. The van der Waals surface area contributed by atoms with Crippen LogP contribution < -0.4 is 4.74 Å². The van der Waals surface area contributed by atoms with Crippen LogP contribution in [0.2, 0.25) is 0 Å². The Labute approximate surface area is 163 Å². The van der Waals surface area contributed by atoms with Gasteiger partial charge in [-0.05, 0) is 17.7 Å². The third-order valence-electron chi connectivity index (χ3n) is 4.33. The highest BCUT2D eigenvalue weighted by atomic mass is 32.2. The molecule has 0 saturated heterocycles. The van der Waals surface area contributed by atoms with Gasteiger partial charge in [0.25, 0.3) is 0 Å². The lowest BCUT2D eigenvalue weighted by atomic mass is 10.1. The van der Waals surface area contributed by atoms with Crippen LogP contribution in [0.3, 0.4) is 0 Å². The van der Waals surface area contributed by atoms with Gasteiger partial charge in [0.2, 0.25) is 0 Å². The Morgan fingerprint density at radius 3 is 2.07 bits per heavy atom. The van der Waals surface area contributed by atoms with Crippen LogP contribution >= 0.6 is 11.8 Å². The minimum absolute atomic E-state index is 0.847. The van der Waals surface area contributed by atoms with Gasteiger partial charge < -0.3 is 9.72 Å². The number of ether oxygens (including phenoxy) is 1. The van der Waals surface area contributed by atoms with Crippen LogP contribution in [0, 0.1) is 0 Å². The number of rotatable bonds is 6. The van der Waals surface area contributed by atoms with E-state index in [-0.39, 0.29) is 0 Å². The monoisotopic (exact) mass is 372 g/mol.